The lowest BCUT2D eigenvalue weighted by Gasteiger charge is -2.32. The van der Waals surface area contributed by atoms with Crippen LogP contribution in [0.2, 0.25) is 0 Å². The first-order valence-electron chi connectivity index (χ1n) is 14.2. The van der Waals surface area contributed by atoms with Crippen molar-refractivity contribution in [3.63, 3.8) is 0 Å². The van der Waals surface area contributed by atoms with Gasteiger partial charge in [-0.1, -0.05) is 61.5 Å². The minimum atomic E-state index is -3.64. The van der Waals surface area contributed by atoms with Crippen molar-refractivity contribution < 1.29 is 27.5 Å². The summed E-state index contributed by atoms with van der Waals surface area (Å²) < 4.78 is 37.5. The second kappa shape index (κ2) is 14.2. The molecule has 9 nitrogen and oxygen atoms in total. The van der Waals surface area contributed by atoms with Crippen LogP contribution in [-0.2, 0) is 32.6 Å². The van der Waals surface area contributed by atoms with E-state index in [0.717, 1.165) is 29.4 Å². The molecule has 0 fully saturated rings. The Morgan fingerprint density at radius 2 is 1.69 bits per heavy atom. The van der Waals surface area contributed by atoms with E-state index in [0.29, 0.717) is 30.2 Å². The summed E-state index contributed by atoms with van der Waals surface area (Å²) in [6.07, 6.45) is 2.60. The minimum Gasteiger partial charge on any atom is -0.454 e. The number of ether oxygens (including phenoxy) is 2. The van der Waals surface area contributed by atoms with Crippen LogP contribution in [0.4, 0.5) is 5.69 Å². The quantitative estimate of drug-likeness (QED) is 0.297. The average molecular weight is 594 g/mol. The Balaban J connectivity index is 1.57. The third kappa shape index (κ3) is 8.03. The highest BCUT2D eigenvalue weighted by Crippen LogP contribution is 2.36. The lowest BCUT2D eigenvalue weighted by molar-refractivity contribution is -0.141. The van der Waals surface area contributed by atoms with E-state index in [1.807, 2.05) is 68.4 Å². The molecule has 10 heteroatoms. The van der Waals surface area contributed by atoms with Crippen molar-refractivity contribution in [2.45, 2.75) is 52.1 Å². The van der Waals surface area contributed by atoms with Crippen LogP contribution in [0.15, 0.2) is 72.8 Å². The summed E-state index contributed by atoms with van der Waals surface area (Å²) in [6.45, 7) is 4.91. The summed E-state index contributed by atoms with van der Waals surface area (Å²) in [5, 5.41) is 2.98. The monoisotopic (exact) mass is 593 g/mol. The summed E-state index contributed by atoms with van der Waals surface area (Å²) in [5.74, 6) is 0.606. The average Bonchev–Trinajstić information content (AvgIpc) is 3.44. The van der Waals surface area contributed by atoms with Gasteiger partial charge in [0, 0.05) is 38.5 Å². The zero-order valence-corrected chi connectivity index (χ0v) is 25.2. The maximum absolute atomic E-state index is 13.9. The summed E-state index contributed by atoms with van der Waals surface area (Å²) in [5.41, 5.74) is 3.36. The Bertz CT molecular complexity index is 1480. The van der Waals surface area contributed by atoms with Crippen LogP contribution in [0, 0.1) is 6.92 Å². The van der Waals surface area contributed by atoms with E-state index in [1.54, 1.807) is 23.1 Å². The molecule has 0 aromatic heterocycles. The molecule has 3 aromatic carbocycles. The fourth-order valence-corrected chi connectivity index (χ4v) is 5.89. The molecule has 0 spiro atoms. The fraction of sp³-hybridized carbons (Fsp3) is 0.375. The van der Waals surface area contributed by atoms with Crippen molar-refractivity contribution in [1.29, 1.82) is 0 Å². The highest BCUT2D eigenvalue weighted by atomic mass is 32.2. The van der Waals surface area contributed by atoms with E-state index in [2.05, 4.69) is 5.32 Å². The number of nitrogens with one attached hydrogen (secondary N) is 1. The summed E-state index contributed by atoms with van der Waals surface area (Å²) in [6, 6.07) is 21.7. The Labute approximate surface area is 248 Å². The van der Waals surface area contributed by atoms with E-state index in [9.17, 15) is 18.0 Å². The Kier molecular flexibility index (Phi) is 10.5. The Morgan fingerprint density at radius 3 is 2.40 bits per heavy atom. The molecule has 0 aliphatic carbocycles. The normalized spacial score (nSPS) is 12.9. The molecule has 0 radical (unpaired) electrons. The van der Waals surface area contributed by atoms with Gasteiger partial charge in [0.1, 0.15) is 6.04 Å². The zero-order valence-electron chi connectivity index (χ0n) is 24.4. The molecule has 2 amide bonds. The lowest BCUT2D eigenvalue weighted by atomic mass is 10.0. The number of aryl methyl sites for hydroxylation is 1. The SMILES string of the molecule is CCCNC(=O)C(Cc1ccccc1)N(Cc1ccccc1C)C(=O)CCCN(c1ccc2c(c1)OCO2)S(C)(=O)=O. The first-order valence-corrected chi connectivity index (χ1v) is 16.0. The van der Waals surface area contributed by atoms with Gasteiger partial charge in [0.25, 0.3) is 0 Å². The summed E-state index contributed by atoms with van der Waals surface area (Å²) >= 11 is 0. The Morgan fingerprint density at radius 1 is 0.976 bits per heavy atom. The van der Waals surface area contributed by atoms with E-state index in [1.165, 1.54) is 4.31 Å². The fourth-order valence-electron chi connectivity index (χ4n) is 4.94. The molecule has 1 aliphatic rings. The van der Waals surface area contributed by atoms with Crippen molar-refractivity contribution in [1.82, 2.24) is 10.2 Å². The first kappa shape index (κ1) is 30.9. The number of hydrogen-bond acceptors (Lipinski definition) is 6. The molecule has 1 heterocycles. The standard InChI is InChI=1S/C32H39N3O6S/c1-4-18-33-32(37)28(20-25-12-6-5-7-13-25)34(22-26-14-9-8-11-24(26)2)31(36)15-10-19-35(42(3,38)39)27-16-17-29-30(21-27)41-23-40-29/h5-9,11-14,16-17,21,28H,4,10,15,18-20,22-23H2,1-3H3,(H,33,37). The van der Waals surface area contributed by atoms with Gasteiger partial charge in [-0.2, -0.15) is 0 Å². The predicted octanol–water partition coefficient (Wildman–Crippen LogP) is 4.44. The number of anilines is 1. The molecule has 3 aromatic rings. The number of carbonyl (C=O) groups is 2. The van der Waals surface area contributed by atoms with Crippen LogP contribution in [0.1, 0.15) is 42.9 Å². The smallest absolute Gasteiger partial charge is 0.243 e. The van der Waals surface area contributed by atoms with Gasteiger partial charge in [0.15, 0.2) is 11.5 Å². The van der Waals surface area contributed by atoms with Gasteiger partial charge in [0.05, 0.1) is 11.9 Å². The van der Waals surface area contributed by atoms with Crippen LogP contribution >= 0.6 is 0 Å². The van der Waals surface area contributed by atoms with Gasteiger partial charge in [-0.15, -0.1) is 0 Å². The molecule has 1 N–H and O–H groups in total. The van der Waals surface area contributed by atoms with Gasteiger partial charge in [0.2, 0.25) is 28.6 Å². The van der Waals surface area contributed by atoms with Crippen LogP contribution in [0.3, 0.4) is 0 Å². The molecule has 0 saturated heterocycles. The topological polar surface area (TPSA) is 105 Å². The number of amides is 2. The lowest BCUT2D eigenvalue weighted by Crippen LogP contribution is -2.50. The van der Waals surface area contributed by atoms with Gasteiger partial charge in [-0.25, -0.2) is 8.42 Å². The highest BCUT2D eigenvalue weighted by molar-refractivity contribution is 7.92. The van der Waals surface area contributed by atoms with Crippen LogP contribution in [-0.4, -0.2) is 57.3 Å². The molecular formula is C32H39N3O6S. The maximum Gasteiger partial charge on any atom is 0.243 e. The number of fused-ring (bicyclic) bond motifs is 1. The van der Waals surface area contributed by atoms with Gasteiger partial charge >= 0.3 is 0 Å². The van der Waals surface area contributed by atoms with Crippen molar-refractivity contribution in [2.75, 3.05) is 30.4 Å². The number of rotatable bonds is 14. The van der Waals surface area contributed by atoms with Crippen LogP contribution in [0.25, 0.3) is 0 Å². The largest absolute Gasteiger partial charge is 0.454 e. The third-order valence-corrected chi connectivity index (χ3v) is 8.41. The van der Waals surface area contributed by atoms with Gasteiger partial charge in [-0.3, -0.25) is 13.9 Å². The van der Waals surface area contributed by atoms with E-state index >= 15 is 0 Å². The van der Waals surface area contributed by atoms with Crippen molar-refractivity contribution in [3.05, 3.63) is 89.5 Å². The van der Waals surface area contributed by atoms with Crippen molar-refractivity contribution in [3.8, 4) is 11.5 Å². The maximum atomic E-state index is 13.9. The molecule has 1 unspecified atom stereocenters. The number of sulfonamides is 1. The number of benzene rings is 3. The molecule has 1 atom stereocenters. The molecule has 0 bridgehead atoms. The second-order valence-electron chi connectivity index (χ2n) is 10.4. The van der Waals surface area contributed by atoms with Crippen LogP contribution in [0.5, 0.6) is 11.5 Å². The van der Waals surface area contributed by atoms with Gasteiger partial charge < -0.3 is 19.7 Å². The molecule has 42 heavy (non-hydrogen) atoms. The predicted molar refractivity (Wildman–Crippen MR) is 163 cm³/mol. The second-order valence-corrected chi connectivity index (χ2v) is 12.3. The van der Waals surface area contributed by atoms with E-state index in [4.69, 9.17) is 9.47 Å². The number of carbonyl (C=O) groups excluding carboxylic acids is 2. The van der Waals surface area contributed by atoms with Crippen molar-refractivity contribution in [2.24, 2.45) is 0 Å². The molecular weight excluding hydrogens is 554 g/mol. The molecule has 224 valence electrons. The van der Waals surface area contributed by atoms with Gasteiger partial charge in [-0.05, 0) is 48.6 Å². The molecule has 4 rings (SSSR count). The number of hydrogen-bond donors (Lipinski definition) is 1. The molecule has 0 saturated carbocycles. The van der Waals surface area contributed by atoms with Crippen molar-refractivity contribution >= 4 is 27.5 Å². The Hall–Kier alpha value is -4.05. The molecule has 1 aliphatic heterocycles. The summed E-state index contributed by atoms with van der Waals surface area (Å²) in [7, 11) is -3.64. The zero-order chi connectivity index (χ0) is 30.1. The van der Waals surface area contributed by atoms with Crippen LogP contribution < -0.4 is 19.1 Å². The summed E-state index contributed by atoms with van der Waals surface area (Å²) in [4.78, 5) is 29.1. The third-order valence-electron chi connectivity index (χ3n) is 7.22. The van der Waals surface area contributed by atoms with E-state index in [-0.39, 0.29) is 44.5 Å². The van der Waals surface area contributed by atoms with E-state index < -0.39 is 16.1 Å². The highest BCUT2D eigenvalue weighted by Gasteiger charge is 2.31. The first-order chi connectivity index (χ1) is 20.2. The number of nitrogens with zero attached hydrogens (tertiary/aromatic N) is 2. The minimum absolute atomic E-state index is 0.0643.